The number of methoxy groups -OCH3 is 1. The molecule has 1 saturated heterocycles. The van der Waals surface area contributed by atoms with Crippen LogP contribution in [0.15, 0.2) is 18.2 Å². The fraction of sp³-hybridized carbons (Fsp3) is 0.562. The standard InChI is InChI=1S/C16H23NO3/c1-4-5-11(2)20-15-8-12(6-7-14(15)19-3)13-9-16(18)17-10-13/h6-8,11,13H,4-5,9-10H2,1-3H3,(H,17,18). The summed E-state index contributed by atoms with van der Waals surface area (Å²) in [6.45, 7) is 4.91. The minimum atomic E-state index is 0.118. The number of benzene rings is 1. The van der Waals surface area contributed by atoms with E-state index >= 15 is 0 Å². The number of hydrogen-bond acceptors (Lipinski definition) is 3. The minimum Gasteiger partial charge on any atom is -0.493 e. The molecular formula is C16H23NO3. The molecule has 2 atom stereocenters. The summed E-state index contributed by atoms with van der Waals surface area (Å²) in [7, 11) is 1.65. The van der Waals surface area contributed by atoms with Crippen LogP contribution in [-0.4, -0.2) is 25.7 Å². The maximum atomic E-state index is 11.3. The number of carbonyl (C=O) groups excluding carboxylic acids is 1. The van der Waals surface area contributed by atoms with Gasteiger partial charge >= 0.3 is 0 Å². The van der Waals surface area contributed by atoms with Crippen molar-refractivity contribution >= 4 is 5.91 Å². The lowest BCUT2D eigenvalue weighted by Crippen LogP contribution is -2.14. The van der Waals surface area contributed by atoms with Crippen LogP contribution in [-0.2, 0) is 4.79 Å². The lowest BCUT2D eigenvalue weighted by molar-refractivity contribution is -0.119. The van der Waals surface area contributed by atoms with Gasteiger partial charge in [-0.25, -0.2) is 0 Å². The highest BCUT2D eigenvalue weighted by Gasteiger charge is 2.24. The number of amides is 1. The average molecular weight is 277 g/mol. The van der Waals surface area contributed by atoms with E-state index in [4.69, 9.17) is 9.47 Å². The second-order valence-electron chi connectivity index (χ2n) is 5.33. The van der Waals surface area contributed by atoms with Crippen molar-refractivity contribution < 1.29 is 14.3 Å². The lowest BCUT2D eigenvalue weighted by Gasteiger charge is -2.18. The molecule has 1 N–H and O–H groups in total. The highest BCUT2D eigenvalue weighted by Crippen LogP contribution is 2.34. The first-order chi connectivity index (χ1) is 9.63. The molecule has 1 aromatic rings. The van der Waals surface area contributed by atoms with Gasteiger partial charge < -0.3 is 14.8 Å². The smallest absolute Gasteiger partial charge is 0.220 e. The predicted molar refractivity (Wildman–Crippen MR) is 78.4 cm³/mol. The monoisotopic (exact) mass is 277 g/mol. The average Bonchev–Trinajstić information content (AvgIpc) is 2.85. The summed E-state index contributed by atoms with van der Waals surface area (Å²) in [5.41, 5.74) is 1.13. The molecule has 0 radical (unpaired) electrons. The van der Waals surface area contributed by atoms with Crippen molar-refractivity contribution in [3.05, 3.63) is 23.8 Å². The van der Waals surface area contributed by atoms with E-state index in [0.717, 1.165) is 29.9 Å². The molecule has 0 aromatic heterocycles. The molecular weight excluding hydrogens is 254 g/mol. The Hall–Kier alpha value is -1.71. The van der Waals surface area contributed by atoms with Gasteiger partial charge in [0.25, 0.3) is 0 Å². The molecule has 1 aromatic carbocycles. The fourth-order valence-electron chi connectivity index (χ4n) is 2.56. The Balaban J connectivity index is 2.17. The maximum absolute atomic E-state index is 11.3. The van der Waals surface area contributed by atoms with E-state index in [-0.39, 0.29) is 17.9 Å². The molecule has 0 bridgehead atoms. The molecule has 4 heteroatoms. The van der Waals surface area contributed by atoms with Gasteiger partial charge in [0.1, 0.15) is 0 Å². The number of rotatable bonds is 6. The fourth-order valence-corrected chi connectivity index (χ4v) is 2.56. The Morgan fingerprint density at radius 2 is 2.20 bits per heavy atom. The van der Waals surface area contributed by atoms with Crippen LogP contribution in [0.5, 0.6) is 11.5 Å². The summed E-state index contributed by atoms with van der Waals surface area (Å²) in [6.07, 6.45) is 2.81. The molecule has 0 spiro atoms. The van der Waals surface area contributed by atoms with Crippen molar-refractivity contribution in [2.75, 3.05) is 13.7 Å². The summed E-state index contributed by atoms with van der Waals surface area (Å²) in [5.74, 6) is 1.86. The zero-order chi connectivity index (χ0) is 14.5. The van der Waals surface area contributed by atoms with Gasteiger partial charge in [-0.1, -0.05) is 19.4 Å². The van der Waals surface area contributed by atoms with Crippen LogP contribution in [0, 0.1) is 0 Å². The van der Waals surface area contributed by atoms with Gasteiger partial charge in [0.15, 0.2) is 11.5 Å². The Morgan fingerprint density at radius 1 is 1.40 bits per heavy atom. The summed E-state index contributed by atoms with van der Waals surface area (Å²) >= 11 is 0. The Bertz CT molecular complexity index is 473. The molecule has 2 rings (SSSR count). The van der Waals surface area contributed by atoms with Crippen LogP contribution in [0.4, 0.5) is 0 Å². The normalized spacial score (nSPS) is 19.6. The van der Waals surface area contributed by atoms with Crippen LogP contribution in [0.3, 0.4) is 0 Å². The zero-order valence-electron chi connectivity index (χ0n) is 12.4. The molecule has 4 nitrogen and oxygen atoms in total. The Kier molecular flexibility index (Phi) is 4.88. The van der Waals surface area contributed by atoms with Gasteiger partial charge in [-0.05, 0) is 31.0 Å². The van der Waals surface area contributed by atoms with Crippen LogP contribution >= 0.6 is 0 Å². The van der Waals surface area contributed by atoms with E-state index < -0.39 is 0 Å². The quantitative estimate of drug-likeness (QED) is 0.869. The van der Waals surface area contributed by atoms with E-state index in [1.165, 1.54) is 0 Å². The number of hydrogen-bond donors (Lipinski definition) is 1. The SMILES string of the molecule is CCCC(C)Oc1cc(C2CNC(=O)C2)ccc1OC. The molecule has 0 saturated carbocycles. The third-order valence-corrected chi connectivity index (χ3v) is 3.66. The highest BCUT2D eigenvalue weighted by molar-refractivity contribution is 5.79. The molecule has 0 aliphatic carbocycles. The summed E-state index contributed by atoms with van der Waals surface area (Å²) in [6, 6.07) is 5.95. The van der Waals surface area contributed by atoms with Crippen LogP contribution in [0.2, 0.25) is 0 Å². The van der Waals surface area contributed by atoms with E-state index in [1.807, 2.05) is 18.2 Å². The maximum Gasteiger partial charge on any atom is 0.220 e. The highest BCUT2D eigenvalue weighted by atomic mass is 16.5. The molecule has 1 fully saturated rings. The van der Waals surface area contributed by atoms with Crippen molar-refractivity contribution in [3.63, 3.8) is 0 Å². The summed E-state index contributed by atoms with van der Waals surface area (Å²) in [4.78, 5) is 11.3. The first-order valence-electron chi connectivity index (χ1n) is 7.25. The second-order valence-corrected chi connectivity index (χ2v) is 5.33. The second kappa shape index (κ2) is 6.64. The van der Waals surface area contributed by atoms with Gasteiger partial charge in [0.05, 0.1) is 13.2 Å². The molecule has 1 heterocycles. The van der Waals surface area contributed by atoms with Gasteiger partial charge in [0, 0.05) is 18.9 Å². The number of carbonyl (C=O) groups is 1. The lowest BCUT2D eigenvalue weighted by atomic mass is 9.98. The third-order valence-electron chi connectivity index (χ3n) is 3.66. The largest absolute Gasteiger partial charge is 0.493 e. The summed E-state index contributed by atoms with van der Waals surface area (Å²) < 4.78 is 11.3. The Morgan fingerprint density at radius 3 is 2.80 bits per heavy atom. The molecule has 1 aliphatic heterocycles. The summed E-state index contributed by atoms with van der Waals surface area (Å²) in [5, 5.41) is 2.87. The third kappa shape index (κ3) is 3.44. The van der Waals surface area contributed by atoms with Gasteiger partial charge in [-0.3, -0.25) is 4.79 Å². The van der Waals surface area contributed by atoms with E-state index in [9.17, 15) is 4.79 Å². The Labute approximate surface area is 120 Å². The van der Waals surface area contributed by atoms with Crippen molar-refractivity contribution in [2.24, 2.45) is 0 Å². The molecule has 1 amide bonds. The van der Waals surface area contributed by atoms with Crippen molar-refractivity contribution in [2.45, 2.75) is 45.1 Å². The van der Waals surface area contributed by atoms with Gasteiger partial charge in [0.2, 0.25) is 5.91 Å². The topological polar surface area (TPSA) is 47.6 Å². The number of ether oxygens (including phenoxy) is 2. The predicted octanol–water partition coefficient (Wildman–Crippen LogP) is 2.87. The molecule has 20 heavy (non-hydrogen) atoms. The molecule has 1 aliphatic rings. The van der Waals surface area contributed by atoms with E-state index in [0.29, 0.717) is 13.0 Å². The van der Waals surface area contributed by atoms with Crippen LogP contribution < -0.4 is 14.8 Å². The van der Waals surface area contributed by atoms with E-state index in [1.54, 1.807) is 7.11 Å². The first-order valence-corrected chi connectivity index (χ1v) is 7.25. The van der Waals surface area contributed by atoms with Crippen LogP contribution in [0.1, 0.15) is 44.6 Å². The van der Waals surface area contributed by atoms with Crippen molar-refractivity contribution in [1.29, 1.82) is 0 Å². The zero-order valence-corrected chi connectivity index (χ0v) is 12.4. The van der Waals surface area contributed by atoms with E-state index in [2.05, 4.69) is 19.2 Å². The van der Waals surface area contributed by atoms with Gasteiger partial charge in [-0.2, -0.15) is 0 Å². The minimum absolute atomic E-state index is 0.118. The van der Waals surface area contributed by atoms with Crippen LogP contribution in [0.25, 0.3) is 0 Å². The van der Waals surface area contributed by atoms with Crippen molar-refractivity contribution in [1.82, 2.24) is 5.32 Å². The number of nitrogens with one attached hydrogen (secondary N) is 1. The molecule has 2 unspecified atom stereocenters. The van der Waals surface area contributed by atoms with Gasteiger partial charge in [-0.15, -0.1) is 0 Å². The first kappa shape index (κ1) is 14.7. The molecule has 110 valence electrons. The van der Waals surface area contributed by atoms with Crippen molar-refractivity contribution in [3.8, 4) is 11.5 Å².